The molecule has 0 saturated carbocycles. The van der Waals surface area contributed by atoms with Crippen LogP contribution in [-0.2, 0) is 0 Å². The lowest BCUT2D eigenvalue weighted by molar-refractivity contribution is -0.958. The van der Waals surface area contributed by atoms with Gasteiger partial charge < -0.3 is 22.2 Å². The number of nitrogens with one attached hydrogen (secondary N) is 1. The van der Waals surface area contributed by atoms with Crippen molar-refractivity contribution >= 4 is 7.25 Å². The van der Waals surface area contributed by atoms with Crippen LogP contribution in [0.1, 0.15) is 40.0 Å². The zero-order valence-corrected chi connectivity index (χ0v) is 9.79. The Labute approximate surface area is 88.9 Å². The van der Waals surface area contributed by atoms with Gasteiger partial charge in [-0.2, -0.15) is 0 Å². The molecule has 0 aliphatic carbocycles. The molecule has 15 heavy (non-hydrogen) atoms. The molecule has 0 aromatic carbocycles. The minimum absolute atomic E-state index is 0.525. The van der Waals surface area contributed by atoms with Gasteiger partial charge in [-0.15, -0.1) is 0 Å². The molecular formula is C9H20BF4N. The normalized spacial score (nSPS) is 30.4. The lowest BCUT2D eigenvalue weighted by Gasteiger charge is -2.40. The topological polar surface area (TPSA) is 4.44 Å². The molecule has 1 N–H and O–H groups in total. The zero-order valence-electron chi connectivity index (χ0n) is 9.79. The van der Waals surface area contributed by atoms with Crippen molar-refractivity contribution in [3.05, 3.63) is 0 Å². The van der Waals surface area contributed by atoms with Crippen LogP contribution in [0.3, 0.4) is 0 Å². The van der Waals surface area contributed by atoms with Crippen molar-refractivity contribution in [2.45, 2.75) is 51.6 Å². The van der Waals surface area contributed by atoms with E-state index in [1.807, 2.05) is 0 Å². The molecule has 1 nitrogen and oxygen atoms in total. The highest BCUT2D eigenvalue weighted by molar-refractivity contribution is 6.50. The second-order valence-electron chi connectivity index (χ2n) is 4.86. The first-order valence-corrected chi connectivity index (χ1v) is 5.25. The molecule has 0 radical (unpaired) electrons. The van der Waals surface area contributed by atoms with Gasteiger partial charge in [-0.1, -0.05) is 0 Å². The maximum absolute atomic E-state index is 9.75. The highest BCUT2D eigenvalue weighted by Gasteiger charge is 2.34. The minimum Gasteiger partial charge on any atom is -0.418 e. The predicted octanol–water partition coefficient (Wildman–Crippen LogP) is 2.15. The summed E-state index contributed by atoms with van der Waals surface area (Å²) in [4.78, 5) is 1.71. The summed E-state index contributed by atoms with van der Waals surface area (Å²) >= 11 is 0. The molecule has 1 fully saturated rings. The molecule has 1 saturated heterocycles. The van der Waals surface area contributed by atoms with Crippen LogP contribution < -0.4 is 4.90 Å². The van der Waals surface area contributed by atoms with Crippen molar-refractivity contribution in [1.29, 1.82) is 0 Å². The van der Waals surface area contributed by atoms with Crippen LogP contribution in [0, 0.1) is 0 Å². The molecule has 92 valence electrons. The predicted molar refractivity (Wildman–Crippen MR) is 54.5 cm³/mol. The molecule has 1 aliphatic rings. The van der Waals surface area contributed by atoms with Crippen LogP contribution in [-0.4, -0.2) is 25.9 Å². The van der Waals surface area contributed by atoms with Crippen LogP contribution >= 0.6 is 0 Å². The second kappa shape index (κ2) is 5.19. The summed E-state index contributed by atoms with van der Waals surface area (Å²) in [6, 6.07) is 0.865. The van der Waals surface area contributed by atoms with Gasteiger partial charge in [-0.25, -0.2) is 0 Å². The van der Waals surface area contributed by atoms with E-state index < -0.39 is 7.25 Å². The van der Waals surface area contributed by atoms with Gasteiger partial charge in [-0.3, -0.25) is 0 Å². The lowest BCUT2D eigenvalue weighted by atomic mass is 9.88. The Morgan fingerprint density at radius 1 is 1.20 bits per heavy atom. The summed E-state index contributed by atoms with van der Waals surface area (Å²) in [5.41, 5.74) is 0.525. The van der Waals surface area contributed by atoms with E-state index in [4.69, 9.17) is 0 Å². The third-order valence-electron chi connectivity index (χ3n) is 3.25. The molecule has 0 spiro atoms. The number of piperidine rings is 1. The summed E-state index contributed by atoms with van der Waals surface area (Å²) in [5, 5.41) is 0. The molecule has 0 aromatic rings. The van der Waals surface area contributed by atoms with Crippen LogP contribution in [0.4, 0.5) is 17.3 Å². The van der Waals surface area contributed by atoms with Gasteiger partial charge in [0.05, 0.1) is 18.6 Å². The standard InChI is InChI=1S/C9H19N.BF4/c1-8-6-5-7-9(2,3)10(8)4;2-1(3,4)5/h8H,5-7H2,1-4H3;/q;-1/p+1. The zero-order chi connectivity index (χ0) is 12.3. The number of hydrogen-bond donors (Lipinski definition) is 1. The van der Waals surface area contributed by atoms with E-state index in [0.29, 0.717) is 5.54 Å². The summed E-state index contributed by atoms with van der Waals surface area (Å²) in [6.07, 6.45) is 4.23. The molecule has 0 bridgehead atoms. The first-order chi connectivity index (χ1) is 6.54. The fraction of sp³-hybridized carbons (Fsp3) is 1.00. The smallest absolute Gasteiger partial charge is 0.418 e. The van der Waals surface area contributed by atoms with E-state index in [1.54, 1.807) is 4.90 Å². The first kappa shape index (κ1) is 14.7. The Balaban J connectivity index is 0.000000336. The Morgan fingerprint density at radius 3 is 1.87 bits per heavy atom. The number of hydrogen-bond acceptors (Lipinski definition) is 0. The quantitative estimate of drug-likeness (QED) is 0.479. The average Bonchev–Trinajstić information content (AvgIpc) is 1.96. The van der Waals surface area contributed by atoms with E-state index in [-0.39, 0.29) is 0 Å². The van der Waals surface area contributed by atoms with Crippen molar-refractivity contribution in [3.63, 3.8) is 0 Å². The number of rotatable bonds is 0. The second-order valence-corrected chi connectivity index (χ2v) is 4.86. The maximum Gasteiger partial charge on any atom is 0.673 e. The number of halogens is 4. The summed E-state index contributed by atoms with van der Waals surface area (Å²) < 4.78 is 39.0. The summed E-state index contributed by atoms with van der Waals surface area (Å²) in [7, 11) is -3.68. The number of likely N-dealkylation sites (tertiary alicyclic amines) is 1. The molecule has 6 heteroatoms. The minimum atomic E-state index is -6.00. The fourth-order valence-electron chi connectivity index (χ4n) is 1.93. The van der Waals surface area contributed by atoms with Crippen LogP contribution in [0.2, 0.25) is 0 Å². The van der Waals surface area contributed by atoms with Crippen molar-refractivity contribution < 1.29 is 22.2 Å². The molecule has 1 heterocycles. The molecule has 2 unspecified atom stereocenters. The van der Waals surface area contributed by atoms with E-state index in [0.717, 1.165) is 6.04 Å². The Kier molecular flexibility index (Phi) is 5.10. The molecule has 1 aliphatic heterocycles. The third-order valence-corrected chi connectivity index (χ3v) is 3.25. The Hall–Kier alpha value is -0.255. The highest BCUT2D eigenvalue weighted by atomic mass is 19.5. The molecular weight excluding hydrogens is 209 g/mol. The van der Waals surface area contributed by atoms with Crippen molar-refractivity contribution in [1.82, 2.24) is 0 Å². The van der Waals surface area contributed by atoms with Gasteiger partial charge in [0.15, 0.2) is 0 Å². The fourth-order valence-corrected chi connectivity index (χ4v) is 1.93. The number of quaternary nitrogens is 1. The summed E-state index contributed by atoms with van der Waals surface area (Å²) in [5.74, 6) is 0. The van der Waals surface area contributed by atoms with Gasteiger partial charge in [0.1, 0.15) is 0 Å². The van der Waals surface area contributed by atoms with Crippen molar-refractivity contribution in [3.8, 4) is 0 Å². The van der Waals surface area contributed by atoms with E-state index in [1.165, 1.54) is 19.3 Å². The largest absolute Gasteiger partial charge is 0.673 e. The van der Waals surface area contributed by atoms with Gasteiger partial charge in [0.2, 0.25) is 0 Å². The monoisotopic (exact) mass is 229 g/mol. The Morgan fingerprint density at radius 2 is 1.60 bits per heavy atom. The molecule has 0 aromatic heterocycles. The lowest BCUT2D eigenvalue weighted by Crippen LogP contribution is -3.20. The maximum atomic E-state index is 9.75. The SMILES string of the molecule is CC1CCCC(C)(C)[NH+]1C.F[B-](F)(F)F. The molecule has 0 amide bonds. The van der Waals surface area contributed by atoms with Gasteiger partial charge in [-0.05, 0) is 33.6 Å². The van der Waals surface area contributed by atoms with Crippen LogP contribution in [0.5, 0.6) is 0 Å². The molecule has 2 atom stereocenters. The first-order valence-electron chi connectivity index (χ1n) is 5.25. The Bertz CT molecular complexity index is 187. The van der Waals surface area contributed by atoms with Gasteiger partial charge in [0.25, 0.3) is 0 Å². The van der Waals surface area contributed by atoms with E-state index in [2.05, 4.69) is 27.8 Å². The third kappa shape index (κ3) is 6.76. The van der Waals surface area contributed by atoms with E-state index >= 15 is 0 Å². The van der Waals surface area contributed by atoms with Crippen molar-refractivity contribution in [2.75, 3.05) is 7.05 Å². The molecule has 1 rings (SSSR count). The van der Waals surface area contributed by atoms with E-state index in [9.17, 15) is 17.3 Å². The van der Waals surface area contributed by atoms with Gasteiger partial charge in [0, 0.05) is 6.42 Å². The highest BCUT2D eigenvalue weighted by Crippen LogP contribution is 2.15. The average molecular weight is 229 g/mol. The summed E-state index contributed by atoms with van der Waals surface area (Å²) in [6.45, 7) is 7.10. The van der Waals surface area contributed by atoms with Crippen molar-refractivity contribution in [2.24, 2.45) is 0 Å². The van der Waals surface area contributed by atoms with Gasteiger partial charge >= 0.3 is 7.25 Å². The van der Waals surface area contributed by atoms with Crippen LogP contribution in [0.25, 0.3) is 0 Å². The van der Waals surface area contributed by atoms with Crippen LogP contribution in [0.15, 0.2) is 0 Å².